The first-order chi connectivity index (χ1) is 6.74. The summed E-state index contributed by atoms with van der Waals surface area (Å²) in [6.45, 7) is 3.79. The van der Waals surface area contributed by atoms with E-state index in [0.717, 1.165) is 32.4 Å². The van der Waals surface area contributed by atoms with Gasteiger partial charge >= 0.3 is 0 Å². The molecule has 1 heterocycles. The van der Waals surface area contributed by atoms with E-state index >= 15 is 0 Å². The third-order valence-electron chi connectivity index (χ3n) is 3.95. The van der Waals surface area contributed by atoms with Crippen LogP contribution in [0.5, 0.6) is 0 Å². The summed E-state index contributed by atoms with van der Waals surface area (Å²) in [6.07, 6.45) is 4.54. The maximum Gasteiger partial charge on any atom is 0.225 e. The quantitative estimate of drug-likeness (QED) is 0.715. The van der Waals surface area contributed by atoms with Crippen LogP contribution in [0.25, 0.3) is 0 Å². The average Bonchev–Trinajstić information content (AvgIpc) is 2.43. The maximum atomic E-state index is 12.0. The molecule has 1 saturated heterocycles. The summed E-state index contributed by atoms with van der Waals surface area (Å²) in [6, 6.07) is 0.369. The van der Waals surface area contributed by atoms with Gasteiger partial charge in [0.25, 0.3) is 0 Å². The summed E-state index contributed by atoms with van der Waals surface area (Å²) in [5, 5.41) is 0. The SMILES string of the molecule is CC1C(CN)CCN1C(=O)C1CCC1. The van der Waals surface area contributed by atoms with E-state index in [2.05, 4.69) is 11.8 Å². The Bertz CT molecular complexity index is 225. The number of likely N-dealkylation sites (tertiary alicyclic amines) is 1. The first kappa shape index (κ1) is 9.97. The lowest BCUT2D eigenvalue weighted by Gasteiger charge is -2.32. The van der Waals surface area contributed by atoms with E-state index in [4.69, 9.17) is 5.73 Å². The first-order valence-corrected chi connectivity index (χ1v) is 5.74. The second-order valence-corrected chi connectivity index (χ2v) is 4.68. The predicted octanol–water partition coefficient (Wildman–Crippen LogP) is 0.982. The van der Waals surface area contributed by atoms with Gasteiger partial charge in [-0.2, -0.15) is 0 Å². The molecule has 0 aromatic rings. The molecule has 1 aliphatic carbocycles. The van der Waals surface area contributed by atoms with Gasteiger partial charge in [0.05, 0.1) is 0 Å². The van der Waals surface area contributed by atoms with Crippen LogP contribution in [0.4, 0.5) is 0 Å². The van der Waals surface area contributed by atoms with Crippen LogP contribution in [-0.4, -0.2) is 29.9 Å². The van der Waals surface area contributed by atoms with Gasteiger partial charge < -0.3 is 10.6 Å². The zero-order chi connectivity index (χ0) is 10.1. The molecule has 1 amide bonds. The molecule has 2 aliphatic rings. The largest absolute Gasteiger partial charge is 0.339 e. The highest BCUT2D eigenvalue weighted by atomic mass is 16.2. The van der Waals surface area contributed by atoms with Crippen LogP contribution < -0.4 is 5.73 Å². The molecule has 2 N–H and O–H groups in total. The number of nitrogens with zero attached hydrogens (tertiary/aromatic N) is 1. The van der Waals surface area contributed by atoms with Crippen molar-refractivity contribution in [3.63, 3.8) is 0 Å². The fourth-order valence-corrected chi connectivity index (χ4v) is 2.52. The van der Waals surface area contributed by atoms with E-state index in [0.29, 0.717) is 23.8 Å². The van der Waals surface area contributed by atoms with Crippen LogP contribution >= 0.6 is 0 Å². The molecule has 0 spiro atoms. The van der Waals surface area contributed by atoms with Crippen molar-refractivity contribution in [2.75, 3.05) is 13.1 Å². The lowest BCUT2D eigenvalue weighted by Crippen LogP contribution is -2.42. The Morgan fingerprint density at radius 2 is 2.14 bits per heavy atom. The summed E-state index contributed by atoms with van der Waals surface area (Å²) in [5.74, 6) is 1.26. The molecule has 80 valence electrons. The zero-order valence-electron chi connectivity index (χ0n) is 8.91. The van der Waals surface area contributed by atoms with E-state index in [1.54, 1.807) is 0 Å². The molecule has 3 nitrogen and oxygen atoms in total. The number of carbonyl (C=O) groups excluding carboxylic acids is 1. The number of rotatable bonds is 2. The molecule has 1 saturated carbocycles. The molecule has 1 aliphatic heterocycles. The van der Waals surface area contributed by atoms with Gasteiger partial charge in [-0.3, -0.25) is 4.79 Å². The average molecular weight is 196 g/mol. The Morgan fingerprint density at radius 1 is 1.43 bits per heavy atom. The molecule has 2 rings (SSSR count). The lowest BCUT2D eigenvalue weighted by molar-refractivity contribution is -0.139. The minimum Gasteiger partial charge on any atom is -0.339 e. The Balaban J connectivity index is 1.94. The van der Waals surface area contributed by atoms with Crippen LogP contribution in [0.2, 0.25) is 0 Å². The van der Waals surface area contributed by atoms with Gasteiger partial charge in [-0.1, -0.05) is 6.42 Å². The summed E-state index contributed by atoms with van der Waals surface area (Å²) in [5.41, 5.74) is 5.67. The molecule has 14 heavy (non-hydrogen) atoms. The summed E-state index contributed by atoms with van der Waals surface area (Å²) < 4.78 is 0. The molecule has 2 unspecified atom stereocenters. The van der Waals surface area contributed by atoms with Crippen molar-refractivity contribution in [1.29, 1.82) is 0 Å². The van der Waals surface area contributed by atoms with Crippen LogP contribution in [0.3, 0.4) is 0 Å². The van der Waals surface area contributed by atoms with Crippen LogP contribution in [0.15, 0.2) is 0 Å². The molecule has 0 radical (unpaired) electrons. The van der Waals surface area contributed by atoms with Crippen molar-refractivity contribution in [3.8, 4) is 0 Å². The molecule has 0 aromatic heterocycles. The number of nitrogens with two attached hydrogens (primary N) is 1. The molecule has 3 heteroatoms. The van der Waals surface area contributed by atoms with E-state index in [1.165, 1.54) is 6.42 Å². The standard InChI is InChI=1S/C11H20N2O/c1-8-10(7-12)5-6-13(8)11(14)9-3-2-4-9/h8-10H,2-7,12H2,1H3. The van der Waals surface area contributed by atoms with E-state index in [9.17, 15) is 4.79 Å². The van der Waals surface area contributed by atoms with Crippen molar-refractivity contribution in [2.45, 2.75) is 38.6 Å². The highest BCUT2D eigenvalue weighted by Gasteiger charge is 2.37. The highest BCUT2D eigenvalue weighted by molar-refractivity contribution is 5.80. The molecule has 2 fully saturated rings. The number of hydrogen-bond acceptors (Lipinski definition) is 2. The lowest BCUT2D eigenvalue weighted by atomic mass is 9.84. The molecule has 2 atom stereocenters. The van der Waals surface area contributed by atoms with Gasteiger partial charge in [0.15, 0.2) is 0 Å². The molecule has 0 bridgehead atoms. The predicted molar refractivity (Wildman–Crippen MR) is 55.7 cm³/mol. The third kappa shape index (κ3) is 1.54. The second-order valence-electron chi connectivity index (χ2n) is 4.68. The minimum absolute atomic E-state index is 0.342. The maximum absolute atomic E-state index is 12.0. The number of amides is 1. The van der Waals surface area contributed by atoms with Gasteiger partial charge in [-0.25, -0.2) is 0 Å². The fraction of sp³-hybridized carbons (Fsp3) is 0.909. The Labute approximate surface area is 85.6 Å². The van der Waals surface area contributed by atoms with E-state index < -0.39 is 0 Å². The van der Waals surface area contributed by atoms with Gasteiger partial charge in [0.1, 0.15) is 0 Å². The van der Waals surface area contributed by atoms with Crippen LogP contribution in [0, 0.1) is 11.8 Å². The zero-order valence-corrected chi connectivity index (χ0v) is 8.91. The topological polar surface area (TPSA) is 46.3 Å². The Kier molecular flexibility index (Phi) is 2.77. The van der Waals surface area contributed by atoms with Crippen molar-refractivity contribution in [3.05, 3.63) is 0 Å². The van der Waals surface area contributed by atoms with Gasteiger partial charge in [-0.15, -0.1) is 0 Å². The number of hydrogen-bond donors (Lipinski definition) is 1. The summed E-state index contributed by atoms with van der Waals surface area (Å²) >= 11 is 0. The molecule has 0 aromatic carbocycles. The normalized spacial score (nSPS) is 33.1. The first-order valence-electron chi connectivity index (χ1n) is 5.74. The van der Waals surface area contributed by atoms with Crippen molar-refractivity contribution in [1.82, 2.24) is 4.90 Å². The molecular formula is C11H20N2O. The molecular weight excluding hydrogens is 176 g/mol. The number of carbonyl (C=O) groups is 1. The highest BCUT2D eigenvalue weighted by Crippen LogP contribution is 2.32. The monoisotopic (exact) mass is 196 g/mol. The van der Waals surface area contributed by atoms with Crippen molar-refractivity contribution < 1.29 is 4.79 Å². The summed E-state index contributed by atoms with van der Waals surface area (Å²) in [7, 11) is 0. The fourth-order valence-electron chi connectivity index (χ4n) is 2.52. The van der Waals surface area contributed by atoms with Crippen molar-refractivity contribution >= 4 is 5.91 Å². The smallest absolute Gasteiger partial charge is 0.225 e. The third-order valence-corrected chi connectivity index (χ3v) is 3.95. The second kappa shape index (κ2) is 3.89. The van der Waals surface area contributed by atoms with Gasteiger partial charge in [0.2, 0.25) is 5.91 Å². The van der Waals surface area contributed by atoms with E-state index in [-0.39, 0.29) is 0 Å². The van der Waals surface area contributed by atoms with E-state index in [1.807, 2.05) is 0 Å². The van der Waals surface area contributed by atoms with Gasteiger partial charge in [0, 0.05) is 18.5 Å². The van der Waals surface area contributed by atoms with Crippen LogP contribution in [0.1, 0.15) is 32.6 Å². The van der Waals surface area contributed by atoms with Crippen molar-refractivity contribution in [2.24, 2.45) is 17.6 Å². The van der Waals surface area contributed by atoms with Crippen LogP contribution in [-0.2, 0) is 4.79 Å². The van der Waals surface area contributed by atoms with Gasteiger partial charge in [-0.05, 0) is 38.6 Å². The Hall–Kier alpha value is -0.570. The Morgan fingerprint density at radius 3 is 2.57 bits per heavy atom. The minimum atomic E-state index is 0.342. The summed E-state index contributed by atoms with van der Waals surface area (Å²) in [4.78, 5) is 14.0.